The summed E-state index contributed by atoms with van der Waals surface area (Å²) in [6.45, 7) is 2.39. The number of carbonyl (C=O) groups excluding carboxylic acids is 1. The predicted octanol–water partition coefficient (Wildman–Crippen LogP) is 3.36. The molecule has 0 saturated carbocycles. The number of benzene rings is 2. The van der Waals surface area contributed by atoms with Crippen LogP contribution in [-0.4, -0.2) is 12.2 Å². The third kappa shape index (κ3) is 4.36. The lowest BCUT2D eigenvalue weighted by Crippen LogP contribution is -2.35. The third-order valence-electron chi connectivity index (χ3n) is 3.76. The highest BCUT2D eigenvalue weighted by Crippen LogP contribution is 2.19. The zero-order chi connectivity index (χ0) is 15.9. The van der Waals surface area contributed by atoms with Gasteiger partial charge in [0.1, 0.15) is 0 Å². The smallest absolute Gasteiger partial charge is 0.225 e. The second-order valence-corrected chi connectivity index (χ2v) is 6.17. The fraction of sp³-hybridized carbons (Fsp3) is 0.278. The van der Waals surface area contributed by atoms with E-state index in [2.05, 4.69) is 17.4 Å². The fourth-order valence-corrected chi connectivity index (χ4v) is 2.63. The van der Waals surface area contributed by atoms with Gasteiger partial charge in [0.05, 0.1) is 5.92 Å². The Morgan fingerprint density at radius 3 is 2.36 bits per heavy atom. The molecule has 116 valence electrons. The standard InChI is InChI=1S/C18H22N2OS/c1-13(17(19)15-6-4-3-5-7-15)18(21)20-12-14-8-10-16(22-2)11-9-14/h3-11,13,17H,12,19H2,1-2H3,(H,20,21). The Bertz CT molecular complexity index is 598. The van der Waals surface area contributed by atoms with E-state index >= 15 is 0 Å². The lowest BCUT2D eigenvalue weighted by atomic mass is 9.94. The van der Waals surface area contributed by atoms with E-state index in [-0.39, 0.29) is 17.9 Å². The van der Waals surface area contributed by atoms with Crippen LogP contribution in [0.15, 0.2) is 59.5 Å². The highest BCUT2D eigenvalue weighted by Gasteiger charge is 2.21. The SMILES string of the molecule is CSc1ccc(CNC(=O)C(C)C(N)c2ccccc2)cc1. The number of nitrogens with two attached hydrogens (primary N) is 1. The second kappa shape index (κ2) is 8.01. The van der Waals surface area contributed by atoms with Gasteiger partial charge in [-0.1, -0.05) is 49.4 Å². The summed E-state index contributed by atoms with van der Waals surface area (Å²) in [5, 5.41) is 2.96. The highest BCUT2D eigenvalue weighted by atomic mass is 32.2. The normalized spacial score (nSPS) is 13.4. The minimum atomic E-state index is -0.292. The van der Waals surface area contributed by atoms with Gasteiger partial charge in [-0.2, -0.15) is 0 Å². The van der Waals surface area contributed by atoms with Crippen molar-refractivity contribution >= 4 is 17.7 Å². The molecular weight excluding hydrogens is 292 g/mol. The molecule has 0 spiro atoms. The number of carbonyl (C=O) groups is 1. The van der Waals surface area contributed by atoms with Crippen molar-refractivity contribution in [3.8, 4) is 0 Å². The molecule has 4 heteroatoms. The first kappa shape index (κ1) is 16.6. The van der Waals surface area contributed by atoms with Gasteiger partial charge in [-0.15, -0.1) is 11.8 Å². The molecule has 0 radical (unpaired) electrons. The van der Waals surface area contributed by atoms with Crippen LogP contribution >= 0.6 is 11.8 Å². The van der Waals surface area contributed by atoms with Gasteiger partial charge in [0, 0.05) is 17.5 Å². The summed E-state index contributed by atoms with van der Waals surface area (Å²) in [5.41, 5.74) is 8.25. The van der Waals surface area contributed by atoms with Crippen LogP contribution in [0.5, 0.6) is 0 Å². The maximum Gasteiger partial charge on any atom is 0.225 e. The maximum atomic E-state index is 12.3. The third-order valence-corrected chi connectivity index (χ3v) is 4.51. The fourth-order valence-electron chi connectivity index (χ4n) is 2.22. The molecule has 2 aromatic rings. The van der Waals surface area contributed by atoms with E-state index < -0.39 is 0 Å². The van der Waals surface area contributed by atoms with Crippen LogP contribution in [0.3, 0.4) is 0 Å². The van der Waals surface area contributed by atoms with Gasteiger partial charge < -0.3 is 11.1 Å². The average molecular weight is 314 g/mol. The van der Waals surface area contributed by atoms with Gasteiger partial charge in [-0.3, -0.25) is 4.79 Å². The summed E-state index contributed by atoms with van der Waals surface area (Å²) in [5.74, 6) is -0.293. The Kier molecular flexibility index (Phi) is 6.04. The molecule has 22 heavy (non-hydrogen) atoms. The average Bonchev–Trinajstić information content (AvgIpc) is 2.59. The molecule has 0 aliphatic rings. The first-order chi connectivity index (χ1) is 10.6. The van der Waals surface area contributed by atoms with Crippen molar-refractivity contribution in [1.29, 1.82) is 0 Å². The van der Waals surface area contributed by atoms with E-state index in [1.165, 1.54) is 4.90 Å². The predicted molar refractivity (Wildman–Crippen MR) is 92.6 cm³/mol. The van der Waals surface area contributed by atoms with Gasteiger partial charge >= 0.3 is 0 Å². The number of nitrogens with one attached hydrogen (secondary N) is 1. The van der Waals surface area contributed by atoms with E-state index in [0.29, 0.717) is 6.54 Å². The molecule has 0 heterocycles. The number of hydrogen-bond donors (Lipinski definition) is 2. The van der Waals surface area contributed by atoms with Crippen LogP contribution in [0.1, 0.15) is 24.1 Å². The summed E-state index contributed by atoms with van der Waals surface area (Å²) in [6, 6.07) is 17.6. The Labute approximate surface area is 136 Å². The summed E-state index contributed by atoms with van der Waals surface area (Å²) >= 11 is 1.70. The lowest BCUT2D eigenvalue weighted by molar-refractivity contribution is -0.125. The topological polar surface area (TPSA) is 55.1 Å². The second-order valence-electron chi connectivity index (χ2n) is 5.29. The summed E-state index contributed by atoms with van der Waals surface area (Å²) in [4.78, 5) is 13.5. The van der Waals surface area contributed by atoms with Crippen molar-refractivity contribution in [2.75, 3.05) is 6.26 Å². The van der Waals surface area contributed by atoms with Crippen molar-refractivity contribution in [2.45, 2.75) is 24.4 Å². The molecule has 3 N–H and O–H groups in total. The molecule has 3 nitrogen and oxygen atoms in total. The van der Waals surface area contributed by atoms with Crippen molar-refractivity contribution in [3.05, 3.63) is 65.7 Å². The van der Waals surface area contributed by atoms with Crippen molar-refractivity contribution in [2.24, 2.45) is 11.7 Å². The Hall–Kier alpha value is -1.78. The molecule has 0 aromatic heterocycles. The summed E-state index contributed by atoms with van der Waals surface area (Å²) in [6.07, 6.45) is 2.05. The molecular formula is C18H22N2OS. The molecule has 1 amide bonds. The van der Waals surface area contributed by atoms with E-state index in [9.17, 15) is 4.79 Å². The Balaban J connectivity index is 1.90. The molecule has 0 aliphatic carbocycles. The zero-order valence-corrected chi connectivity index (χ0v) is 13.8. The number of hydrogen-bond acceptors (Lipinski definition) is 3. The monoisotopic (exact) mass is 314 g/mol. The molecule has 0 fully saturated rings. The van der Waals surface area contributed by atoms with Crippen LogP contribution < -0.4 is 11.1 Å². The molecule has 2 rings (SSSR count). The van der Waals surface area contributed by atoms with E-state index in [1.807, 2.05) is 55.6 Å². The van der Waals surface area contributed by atoms with Crippen molar-refractivity contribution in [1.82, 2.24) is 5.32 Å². The zero-order valence-electron chi connectivity index (χ0n) is 13.0. The molecule has 2 aromatic carbocycles. The quantitative estimate of drug-likeness (QED) is 0.804. The number of amides is 1. The van der Waals surface area contributed by atoms with E-state index in [4.69, 9.17) is 5.73 Å². The van der Waals surface area contributed by atoms with E-state index in [0.717, 1.165) is 11.1 Å². The Morgan fingerprint density at radius 1 is 1.14 bits per heavy atom. The molecule has 0 bridgehead atoms. The van der Waals surface area contributed by atoms with Crippen molar-refractivity contribution in [3.63, 3.8) is 0 Å². The van der Waals surface area contributed by atoms with Crippen LogP contribution in [0.2, 0.25) is 0 Å². The largest absolute Gasteiger partial charge is 0.352 e. The van der Waals surface area contributed by atoms with Crippen molar-refractivity contribution < 1.29 is 4.79 Å². The molecule has 2 atom stereocenters. The maximum absolute atomic E-state index is 12.3. The number of rotatable bonds is 6. The van der Waals surface area contributed by atoms with Gasteiger partial charge in [-0.25, -0.2) is 0 Å². The van der Waals surface area contributed by atoms with Gasteiger partial charge in [0.25, 0.3) is 0 Å². The summed E-state index contributed by atoms with van der Waals surface area (Å²) in [7, 11) is 0. The van der Waals surface area contributed by atoms with Crippen LogP contribution in [-0.2, 0) is 11.3 Å². The van der Waals surface area contributed by atoms with Gasteiger partial charge in [0.15, 0.2) is 0 Å². The van der Waals surface area contributed by atoms with E-state index in [1.54, 1.807) is 11.8 Å². The highest BCUT2D eigenvalue weighted by molar-refractivity contribution is 7.98. The summed E-state index contributed by atoms with van der Waals surface area (Å²) < 4.78 is 0. The minimum absolute atomic E-state index is 0.0229. The first-order valence-electron chi connectivity index (χ1n) is 7.33. The molecule has 0 aliphatic heterocycles. The molecule has 2 unspecified atom stereocenters. The van der Waals surface area contributed by atoms with Gasteiger partial charge in [-0.05, 0) is 29.5 Å². The van der Waals surface area contributed by atoms with Crippen LogP contribution in [0.4, 0.5) is 0 Å². The van der Waals surface area contributed by atoms with Crippen LogP contribution in [0, 0.1) is 5.92 Å². The van der Waals surface area contributed by atoms with Crippen LogP contribution in [0.25, 0.3) is 0 Å². The lowest BCUT2D eigenvalue weighted by Gasteiger charge is -2.20. The minimum Gasteiger partial charge on any atom is -0.352 e. The molecule has 0 saturated heterocycles. The number of thioether (sulfide) groups is 1. The van der Waals surface area contributed by atoms with Gasteiger partial charge in [0.2, 0.25) is 5.91 Å². The first-order valence-corrected chi connectivity index (χ1v) is 8.55. The Morgan fingerprint density at radius 2 is 1.77 bits per heavy atom.